The van der Waals surface area contributed by atoms with E-state index in [0.29, 0.717) is 38.2 Å². The van der Waals surface area contributed by atoms with Crippen molar-refractivity contribution in [3.63, 3.8) is 0 Å². The molecule has 4 nitrogen and oxygen atoms in total. The molecule has 1 saturated heterocycles. The average Bonchev–Trinajstić information content (AvgIpc) is 2.48. The number of ether oxygens (including phenoxy) is 1. The van der Waals surface area contributed by atoms with Crippen LogP contribution in [0.25, 0.3) is 0 Å². The first-order valence-electron chi connectivity index (χ1n) is 7.03. The third kappa shape index (κ3) is 5.65. The Morgan fingerprint density at radius 1 is 1.33 bits per heavy atom. The molecule has 1 heterocycles. The van der Waals surface area contributed by atoms with Crippen LogP contribution in [0.1, 0.15) is 19.3 Å². The van der Waals surface area contributed by atoms with E-state index in [9.17, 15) is 14.3 Å². The summed E-state index contributed by atoms with van der Waals surface area (Å²) < 4.78 is 17.9. The maximum absolute atomic E-state index is 12.7. The topological polar surface area (TPSA) is 58.6 Å². The normalized spacial score (nSPS) is 17.4. The zero-order valence-corrected chi connectivity index (χ0v) is 12.6. The van der Waals surface area contributed by atoms with E-state index in [2.05, 4.69) is 5.32 Å². The van der Waals surface area contributed by atoms with E-state index in [-0.39, 0.29) is 18.3 Å². The molecule has 2 rings (SSSR count). The summed E-state index contributed by atoms with van der Waals surface area (Å²) in [5, 5.41) is 13.0. The molecule has 1 aliphatic heterocycles. The number of thioether (sulfide) groups is 1. The Hall–Kier alpha value is -1.11. The van der Waals surface area contributed by atoms with Gasteiger partial charge in [-0.05, 0) is 24.3 Å². The highest BCUT2D eigenvalue weighted by Gasteiger charge is 2.29. The van der Waals surface area contributed by atoms with Gasteiger partial charge in [0.2, 0.25) is 5.91 Å². The van der Waals surface area contributed by atoms with Gasteiger partial charge in [-0.3, -0.25) is 4.79 Å². The standard InChI is InChI=1S/C15H20FNO3S/c16-12-1-3-13(4-2-12)21-10-5-14(18)17-11-15(19)6-8-20-9-7-15/h1-4,19H,5-11H2,(H,17,18). The molecule has 0 unspecified atom stereocenters. The van der Waals surface area contributed by atoms with Gasteiger partial charge in [-0.15, -0.1) is 11.8 Å². The lowest BCUT2D eigenvalue weighted by atomic mass is 9.94. The van der Waals surface area contributed by atoms with Crippen LogP contribution in [0.15, 0.2) is 29.2 Å². The number of amides is 1. The second-order valence-electron chi connectivity index (χ2n) is 5.17. The average molecular weight is 313 g/mol. The molecular formula is C15H20FNO3S. The summed E-state index contributed by atoms with van der Waals surface area (Å²) >= 11 is 1.51. The highest BCUT2D eigenvalue weighted by atomic mass is 32.2. The number of carbonyl (C=O) groups excluding carboxylic acids is 1. The van der Waals surface area contributed by atoms with E-state index in [1.165, 1.54) is 23.9 Å². The molecule has 0 atom stereocenters. The maximum atomic E-state index is 12.7. The number of hydrogen-bond donors (Lipinski definition) is 2. The van der Waals surface area contributed by atoms with Gasteiger partial charge in [0.25, 0.3) is 0 Å². The van der Waals surface area contributed by atoms with Crippen molar-refractivity contribution in [2.24, 2.45) is 0 Å². The Kier molecular flexibility index (Phi) is 6.02. The third-order valence-electron chi connectivity index (χ3n) is 3.45. The van der Waals surface area contributed by atoms with Gasteiger partial charge >= 0.3 is 0 Å². The van der Waals surface area contributed by atoms with Crippen LogP contribution in [0.4, 0.5) is 4.39 Å². The van der Waals surface area contributed by atoms with Gasteiger partial charge in [0.15, 0.2) is 0 Å². The quantitative estimate of drug-likeness (QED) is 0.788. The van der Waals surface area contributed by atoms with Crippen LogP contribution < -0.4 is 5.32 Å². The van der Waals surface area contributed by atoms with Crippen molar-refractivity contribution in [2.45, 2.75) is 29.8 Å². The van der Waals surface area contributed by atoms with E-state index in [0.717, 1.165) is 4.90 Å². The summed E-state index contributed by atoms with van der Waals surface area (Å²) in [4.78, 5) is 12.7. The lowest BCUT2D eigenvalue weighted by Gasteiger charge is -2.32. The smallest absolute Gasteiger partial charge is 0.220 e. The number of halogens is 1. The molecule has 21 heavy (non-hydrogen) atoms. The molecule has 1 aromatic carbocycles. The molecular weight excluding hydrogens is 293 g/mol. The second kappa shape index (κ2) is 7.77. The molecule has 1 aromatic rings. The fourth-order valence-corrected chi connectivity index (χ4v) is 2.92. The molecule has 0 spiro atoms. The fourth-order valence-electron chi connectivity index (χ4n) is 2.07. The molecule has 116 valence electrons. The predicted molar refractivity (Wildman–Crippen MR) is 79.8 cm³/mol. The zero-order chi connectivity index (χ0) is 15.1. The highest BCUT2D eigenvalue weighted by Crippen LogP contribution is 2.20. The molecule has 1 fully saturated rings. The third-order valence-corrected chi connectivity index (χ3v) is 4.46. The van der Waals surface area contributed by atoms with Crippen molar-refractivity contribution >= 4 is 17.7 Å². The van der Waals surface area contributed by atoms with E-state index < -0.39 is 5.60 Å². The van der Waals surface area contributed by atoms with Crippen molar-refractivity contribution < 1.29 is 19.0 Å². The van der Waals surface area contributed by atoms with Gasteiger partial charge in [0, 0.05) is 49.7 Å². The molecule has 0 saturated carbocycles. The number of rotatable bonds is 6. The number of benzene rings is 1. The SMILES string of the molecule is O=C(CCSc1ccc(F)cc1)NCC1(O)CCOCC1. The van der Waals surface area contributed by atoms with Crippen LogP contribution in [0, 0.1) is 5.82 Å². The van der Waals surface area contributed by atoms with E-state index in [1.54, 1.807) is 12.1 Å². The van der Waals surface area contributed by atoms with Crippen molar-refractivity contribution in [3.05, 3.63) is 30.1 Å². The van der Waals surface area contributed by atoms with E-state index >= 15 is 0 Å². The summed E-state index contributed by atoms with van der Waals surface area (Å²) in [5.74, 6) is 0.283. The molecule has 6 heteroatoms. The lowest BCUT2D eigenvalue weighted by Crippen LogP contribution is -2.46. The largest absolute Gasteiger partial charge is 0.388 e. The predicted octanol–water partition coefficient (Wildman–Crippen LogP) is 1.97. The van der Waals surface area contributed by atoms with Gasteiger partial charge in [-0.2, -0.15) is 0 Å². The van der Waals surface area contributed by atoms with Crippen molar-refractivity contribution in [3.8, 4) is 0 Å². The van der Waals surface area contributed by atoms with E-state index in [1.807, 2.05) is 0 Å². The summed E-state index contributed by atoms with van der Waals surface area (Å²) in [6.45, 7) is 1.34. The fraction of sp³-hybridized carbons (Fsp3) is 0.533. The molecule has 1 amide bonds. The first-order chi connectivity index (χ1) is 10.1. The minimum Gasteiger partial charge on any atom is -0.388 e. The first-order valence-corrected chi connectivity index (χ1v) is 8.01. The maximum Gasteiger partial charge on any atom is 0.220 e. The minimum atomic E-state index is -0.835. The summed E-state index contributed by atoms with van der Waals surface area (Å²) in [7, 11) is 0. The van der Waals surface area contributed by atoms with Crippen LogP contribution in [0.2, 0.25) is 0 Å². The van der Waals surface area contributed by atoms with Gasteiger partial charge in [0.05, 0.1) is 5.60 Å². The molecule has 1 aliphatic rings. The summed E-state index contributed by atoms with van der Waals surface area (Å²) in [5.41, 5.74) is -0.835. The van der Waals surface area contributed by atoms with Gasteiger partial charge in [0.1, 0.15) is 5.82 Å². The minimum absolute atomic E-state index is 0.0791. The first kappa shape index (κ1) is 16.3. The van der Waals surface area contributed by atoms with Crippen molar-refractivity contribution in [1.29, 1.82) is 0 Å². The Morgan fingerprint density at radius 2 is 2.00 bits per heavy atom. The van der Waals surface area contributed by atoms with Crippen molar-refractivity contribution in [2.75, 3.05) is 25.5 Å². The lowest BCUT2D eigenvalue weighted by molar-refractivity contribution is -0.123. The van der Waals surface area contributed by atoms with E-state index in [4.69, 9.17) is 4.74 Å². The number of carbonyl (C=O) groups is 1. The van der Waals surface area contributed by atoms with Gasteiger partial charge in [-0.1, -0.05) is 0 Å². The van der Waals surface area contributed by atoms with Gasteiger partial charge < -0.3 is 15.2 Å². The molecule has 0 bridgehead atoms. The zero-order valence-electron chi connectivity index (χ0n) is 11.8. The Labute approximate surface area is 128 Å². The number of hydrogen-bond acceptors (Lipinski definition) is 4. The second-order valence-corrected chi connectivity index (χ2v) is 6.33. The highest BCUT2D eigenvalue weighted by molar-refractivity contribution is 7.99. The Bertz CT molecular complexity index is 460. The number of aliphatic hydroxyl groups is 1. The van der Waals surface area contributed by atoms with Crippen LogP contribution in [0.5, 0.6) is 0 Å². The summed E-state index contributed by atoms with van der Waals surface area (Å²) in [6.07, 6.45) is 1.48. The molecule has 0 aromatic heterocycles. The van der Waals surface area contributed by atoms with Crippen molar-refractivity contribution in [1.82, 2.24) is 5.32 Å². The monoisotopic (exact) mass is 313 g/mol. The van der Waals surface area contributed by atoms with Crippen LogP contribution in [-0.2, 0) is 9.53 Å². The van der Waals surface area contributed by atoms with Crippen LogP contribution in [-0.4, -0.2) is 42.1 Å². The molecule has 0 radical (unpaired) electrons. The number of nitrogens with one attached hydrogen (secondary N) is 1. The van der Waals surface area contributed by atoms with Crippen LogP contribution in [0.3, 0.4) is 0 Å². The Morgan fingerprint density at radius 3 is 2.67 bits per heavy atom. The summed E-state index contributed by atoms with van der Waals surface area (Å²) in [6, 6.07) is 6.21. The Balaban J connectivity index is 1.64. The van der Waals surface area contributed by atoms with Crippen LogP contribution >= 0.6 is 11.8 Å². The van der Waals surface area contributed by atoms with Gasteiger partial charge in [-0.25, -0.2) is 4.39 Å². The molecule has 0 aliphatic carbocycles. The molecule has 2 N–H and O–H groups in total.